The molecule has 2 aromatic heterocycles. The Kier molecular flexibility index (Phi) is 2.63. The van der Waals surface area contributed by atoms with Crippen LogP contribution in [0.2, 0.25) is 0 Å². The molecule has 0 fully saturated rings. The normalized spacial score (nSPS) is 10.9. The smallest absolute Gasteiger partial charge is 0.163 e. The maximum Gasteiger partial charge on any atom is 0.163 e. The molecule has 0 radical (unpaired) electrons. The summed E-state index contributed by atoms with van der Waals surface area (Å²) in [5, 5.41) is 8.35. The highest BCUT2D eigenvalue weighted by atomic mass is 19.1. The van der Waals surface area contributed by atoms with E-state index in [-0.39, 0.29) is 5.82 Å². The Balaban J connectivity index is 2.08. The number of aromatic nitrogens is 4. The number of nitrogens with one attached hydrogen (secondary N) is 1. The van der Waals surface area contributed by atoms with E-state index in [1.807, 2.05) is 14.0 Å². The molecule has 0 amide bonds. The van der Waals surface area contributed by atoms with Gasteiger partial charge in [0.2, 0.25) is 0 Å². The van der Waals surface area contributed by atoms with E-state index in [0.717, 1.165) is 22.4 Å². The highest BCUT2D eigenvalue weighted by molar-refractivity contribution is 5.90. The second-order valence-corrected chi connectivity index (χ2v) is 4.26. The van der Waals surface area contributed by atoms with Gasteiger partial charge in [0.15, 0.2) is 5.65 Å². The van der Waals surface area contributed by atoms with Crippen LogP contribution in [0.3, 0.4) is 0 Å². The summed E-state index contributed by atoms with van der Waals surface area (Å²) in [5.74, 6) is 0.401. The minimum atomic E-state index is -0.268. The van der Waals surface area contributed by atoms with E-state index in [0.29, 0.717) is 5.82 Å². The number of halogens is 1. The van der Waals surface area contributed by atoms with E-state index < -0.39 is 0 Å². The summed E-state index contributed by atoms with van der Waals surface area (Å²) < 4.78 is 14.6. The van der Waals surface area contributed by atoms with Gasteiger partial charge < -0.3 is 5.32 Å². The van der Waals surface area contributed by atoms with E-state index in [1.165, 1.54) is 18.5 Å². The summed E-state index contributed by atoms with van der Waals surface area (Å²) in [5.41, 5.74) is 2.38. The van der Waals surface area contributed by atoms with Crippen LogP contribution in [-0.2, 0) is 7.05 Å². The molecule has 0 atom stereocenters. The summed E-state index contributed by atoms with van der Waals surface area (Å²) in [6, 6.07) is 6.12. The van der Waals surface area contributed by atoms with Gasteiger partial charge in [0.25, 0.3) is 0 Å². The Morgan fingerprint density at radius 1 is 1.16 bits per heavy atom. The van der Waals surface area contributed by atoms with Gasteiger partial charge in [0.05, 0.1) is 11.1 Å². The van der Waals surface area contributed by atoms with Crippen molar-refractivity contribution in [2.75, 3.05) is 5.32 Å². The van der Waals surface area contributed by atoms with Gasteiger partial charge in [-0.25, -0.2) is 14.4 Å². The zero-order chi connectivity index (χ0) is 13.4. The first kappa shape index (κ1) is 11.6. The van der Waals surface area contributed by atoms with Crippen molar-refractivity contribution in [3.8, 4) is 0 Å². The highest BCUT2D eigenvalue weighted by Crippen LogP contribution is 2.25. The molecule has 6 heteroatoms. The molecule has 19 heavy (non-hydrogen) atoms. The number of benzene rings is 1. The van der Waals surface area contributed by atoms with Crippen molar-refractivity contribution >= 4 is 22.5 Å². The van der Waals surface area contributed by atoms with Crippen LogP contribution >= 0.6 is 0 Å². The first-order chi connectivity index (χ1) is 9.15. The Labute approximate surface area is 109 Å². The summed E-state index contributed by atoms with van der Waals surface area (Å²) in [6.45, 7) is 1.90. The average molecular weight is 257 g/mol. The van der Waals surface area contributed by atoms with Crippen molar-refractivity contribution in [2.45, 2.75) is 6.92 Å². The van der Waals surface area contributed by atoms with Gasteiger partial charge in [0.1, 0.15) is 18.0 Å². The Bertz CT molecular complexity index is 733. The molecule has 0 aliphatic heterocycles. The van der Waals surface area contributed by atoms with Gasteiger partial charge in [-0.3, -0.25) is 4.68 Å². The SMILES string of the molecule is Cc1nn(C)c2ncnc(Nc3ccc(F)cc3)c12. The van der Waals surface area contributed by atoms with Crippen LogP contribution in [0, 0.1) is 12.7 Å². The molecule has 5 nitrogen and oxygen atoms in total. The largest absolute Gasteiger partial charge is 0.340 e. The highest BCUT2D eigenvalue weighted by Gasteiger charge is 2.12. The van der Waals surface area contributed by atoms with Crippen molar-refractivity contribution in [1.82, 2.24) is 19.7 Å². The van der Waals surface area contributed by atoms with E-state index in [1.54, 1.807) is 16.8 Å². The van der Waals surface area contributed by atoms with Gasteiger partial charge in [-0.15, -0.1) is 0 Å². The Morgan fingerprint density at radius 2 is 1.89 bits per heavy atom. The third kappa shape index (κ3) is 2.01. The molecule has 1 aromatic carbocycles. The molecule has 0 saturated carbocycles. The zero-order valence-electron chi connectivity index (χ0n) is 10.6. The second-order valence-electron chi connectivity index (χ2n) is 4.26. The molecule has 3 rings (SSSR count). The van der Waals surface area contributed by atoms with E-state index in [9.17, 15) is 4.39 Å². The van der Waals surface area contributed by atoms with Crippen molar-refractivity contribution in [1.29, 1.82) is 0 Å². The summed E-state index contributed by atoms with van der Waals surface area (Å²) in [6.07, 6.45) is 1.48. The first-order valence-electron chi connectivity index (χ1n) is 5.82. The molecular weight excluding hydrogens is 245 g/mol. The molecule has 0 unspecified atom stereocenters. The number of rotatable bonds is 2. The van der Waals surface area contributed by atoms with E-state index >= 15 is 0 Å². The Hall–Kier alpha value is -2.50. The number of hydrogen-bond acceptors (Lipinski definition) is 4. The van der Waals surface area contributed by atoms with Crippen LogP contribution in [0.25, 0.3) is 11.0 Å². The van der Waals surface area contributed by atoms with Crippen molar-refractivity contribution in [3.05, 3.63) is 42.1 Å². The van der Waals surface area contributed by atoms with Crippen LogP contribution in [0.5, 0.6) is 0 Å². The Morgan fingerprint density at radius 3 is 2.63 bits per heavy atom. The number of nitrogens with zero attached hydrogens (tertiary/aromatic N) is 4. The first-order valence-corrected chi connectivity index (χ1v) is 5.82. The number of anilines is 2. The molecule has 1 N–H and O–H groups in total. The average Bonchev–Trinajstić information content (AvgIpc) is 2.69. The topological polar surface area (TPSA) is 55.6 Å². The third-order valence-corrected chi connectivity index (χ3v) is 2.90. The van der Waals surface area contributed by atoms with Gasteiger partial charge >= 0.3 is 0 Å². The monoisotopic (exact) mass is 257 g/mol. The lowest BCUT2D eigenvalue weighted by molar-refractivity contribution is 0.628. The van der Waals surface area contributed by atoms with Crippen molar-refractivity contribution < 1.29 is 4.39 Å². The zero-order valence-corrected chi connectivity index (χ0v) is 10.6. The minimum Gasteiger partial charge on any atom is -0.340 e. The number of hydrogen-bond donors (Lipinski definition) is 1. The fourth-order valence-electron chi connectivity index (χ4n) is 2.04. The van der Waals surface area contributed by atoms with Crippen LogP contribution in [0.15, 0.2) is 30.6 Å². The fourth-order valence-corrected chi connectivity index (χ4v) is 2.04. The quantitative estimate of drug-likeness (QED) is 0.766. The number of aryl methyl sites for hydroxylation is 2. The molecule has 0 aliphatic rings. The summed E-state index contributed by atoms with van der Waals surface area (Å²) in [7, 11) is 1.84. The predicted molar refractivity (Wildman–Crippen MR) is 70.7 cm³/mol. The van der Waals surface area contributed by atoms with E-state index in [4.69, 9.17) is 0 Å². The van der Waals surface area contributed by atoms with E-state index in [2.05, 4.69) is 20.4 Å². The van der Waals surface area contributed by atoms with Gasteiger partial charge in [-0.1, -0.05) is 0 Å². The van der Waals surface area contributed by atoms with Gasteiger partial charge in [0, 0.05) is 12.7 Å². The van der Waals surface area contributed by atoms with Gasteiger partial charge in [-0.2, -0.15) is 5.10 Å². The predicted octanol–water partition coefficient (Wildman–Crippen LogP) is 2.55. The summed E-state index contributed by atoms with van der Waals surface area (Å²) >= 11 is 0. The van der Waals surface area contributed by atoms with Gasteiger partial charge in [-0.05, 0) is 31.2 Å². The molecule has 0 saturated heterocycles. The molecule has 0 spiro atoms. The molecule has 0 bridgehead atoms. The van der Waals surface area contributed by atoms with Crippen LogP contribution in [-0.4, -0.2) is 19.7 Å². The molecule has 3 aromatic rings. The second kappa shape index (κ2) is 4.31. The van der Waals surface area contributed by atoms with Crippen molar-refractivity contribution in [3.63, 3.8) is 0 Å². The summed E-state index contributed by atoms with van der Waals surface area (Å²) in [4.78, 5) is 8.44. The van der Waals surface area contributed by atoms with Crippen LogP contribution in [0.4, 0.5) is 15.9 Å². The third-order valence-electron chi connectivity index (χ3n) is 2.90. The number of fused-ring (bicyclic) bond motifs is 1. The van der Waals surface area contributed by atoms with Crippen molar-refractivity contribution in [2.24, 2.45) is 7.05 Å². The maximum atomic E-state index is 12.9. The minimum absolute atomic E-state index is 0.268. The molecule has 2 heterocycles. The standard InChI is InChI=1S/C13H12FN5/c1-8-11-12(15-7-16-13(11)19(2)18-8)17-10-5-3-9(14)4-6-10/h3-7H,1-2H3,(H,15,16,17). The molecular formula is C13H12FN5. The van der Waals surface area contributed by atoms with Crippen LogP contribution < -0.4 is 5.32 Å². The molecule has 0 aliphatic carbocycles. The lowest BCUT2D eigenvalue weighted by atomic mass is 10.2. The fraction of sp³-hybridized carbons (Fsp3) is 0.154. The lowest BCUT2D eigenvalue weighted by Gasteiger charge is -2.06. The van der Waals surface area contributed by atoms with Crippen LogP contribution in [0.1, 0.15) is 5.69 Å². The molecule has 96 valence electrons. The maximum absolute atomic E-state index is 12.9. The lowest BCUT2D eigenvalue weighted by Crippen LogP contribution is -1.97.